The van der Waals surface area contributed by atoms with Gasteiger partial charge in [0.05, 0.1) is 22.8 Å². The molecule has 10 heteroatoms. The van der Waals surface area contributed by atoms with Crippen LogP contribution in [0, 0.1) is 6.92 Å². The minimum absolute atomic E-state index is 0.0243. The van der Waals surface area contributed by atoms with Crippen molar-refractivity contribution >= 4 is 27.5 Å². The van der Waals surface area contributed by atoms with Crippen molar-refractivity contribution in [1.29, 1.82) is 0 Å². The molecule has 8 nitrogen and oxygen atoms in total. The maximum Gasteiger partial charge on any atom is 0.230 e. The van der Waals surface area contributed by atoms with Gasteiger partial charge in [-0.2, -0.15) is 0 Å². The molecule has 1 aromatic heterocycles. The van der Waals surface area contributed by atoms with Gasteiger partial charge in [-0.3, -0.25) is 9.36 Å². The topological polar surface area (TPSA) is 103 Å². The highest BCUT2D eigenvalue weighted by Crippen LogP contribution is 2.24. The molecule has 0 unspecified atom stereocenters. The number of thioether (sulfide) groups is 1. The summed E-state index contributed by atoms with van der Waals surface area (Å²) < 4.78 is 31.1. The number of nitrogens with one attached hydrogen (secondary N) is 1. The van der Waals surface area contributed by atoms with Crippen LogP contribution in [-0.4, -0.2) is 51.9 Å². The number of rotatable bonds is 9. The van der Waals surface area contributed by atoms with Crippen molar-refractivity contribution in [3.8, 4) is 5.75 Å². The number of aryl methyl sites for hydroxylation is 1. The molecule has 0 spiro atoms. The third kappa shape index (κ3) is 5.85. The van der Waals surface area contributed by atoms with Crippen molar-refractivity contribution in [3.05, 3.63) is 48.3 Å². The molecule has 3 rings (SSSR count). The number of allylic oxidation sites excluding steroid dienone is 1. The van der Waals surface area contributed by atoms with Gasteiger partial charge < -0.3 is 10.1 Å². The van der Waals surface area contributed by atoms with Gasteiger partial charge in [-0.1, -0.05) is 30.0 Å². The zero-order valence-electron chi connectivity index (χ0n) is 17.1. The maximum atomic E-state index is 12.4. The highest BCUT2D eigenvalue weighted by molar-refractivity contribution is 7.99. The Bertz CT molecular complexity index is 1040. The standard InChI is InChI=1S/C20H26N4O4S2/c1-4-9-24-17(12-28-16-7-5-6-15(2)11-16)22-23-19(24)29-13-18(25)21-20(3)8-10-30(26,27)14-20/h4-7,11H,1,8-10,12-14H2,2-3H3,(H,21,25)/t20-/m0/s1. The highest BCUT2D eigenvalue weighted by Gasteiger charge is 2.39. The largest absolute Gasteiger partial charge is 0.486 e. The van der Waals surface area contributed by atoms with Crippen molar-refractivity contribution in [2.75, 3.05) is 17.3 Å². The van der Waals surface area contributed by atoms with Gasteiger partial charge in [-0.05, 0) is 38.0 Å². The summed E-state index contributed by atoms with van der Waals surface area (Å²) in [6.45, 7) is 8.26. The number of hydrogen-bond donors (Lipinski definition) is 1. The lowest BCUT2D eigenvalue weighted by molar-refractivity contribution is -0.120. The summed E-state index contributed by atoms with van der Waals surface area (Å²) in [7, 11) is -3.08. The fourth-order valence-electron chi connectivity index (χ4n) is 3.31. The van der Waals surface area contributed by atoms with Gasteiger partial charge in [-0.25, -0.2) is 8.42 Å². The van der Waals surface area contributed by atoms with Crippen LogP contribution in [0.25, 0.3) is 0 Å². The molecule has 2 heterocycles. The van der Waals surface area contributed by atoms with Gasteiger partial charge >= 0.3 is 0 Å². The fourth-order valence-corrected chi connectivity index (χ4v) is 6.17. The number of sulfone groups is 1. The summed E-state index contributed by atoms with van der Waals surface area (Å²) >= 11 is 1.25. The Labute approximate surface area is 181 Å². The molecule has 1 aliphatic heterocycles. The Balaban J connectivity index is 1.60. The average molecular weight is 451 g/mol. The Hall–Kier alpha value is -2.33. The number of carbonyl (C=O) groups is 1. The van der Waals surface area contributed by atoms with Crippen LogP contribution in [0.3, 0.4) is 0 Å². The Kier molecular flexibility index (Phi) is 6.87. The number of hydrogen-bond acceptors (Lipinski definition) is 7. The minimum Gasteiger partial charge on any atom is -0.486 e. The van der Waals surface area contributed by atoms with Crippen LogP contribution in [0.5, 0.6) is 5.75 Å². The van der Waals surface area contributed by atoms with Crippen LogP contribution < -0.4 is 10.1 Å². The molecule has 1 N–H and O–H groups in total. The van der Waals surface area contributed by atoms with Gasteiger partial charge in [0.25, 0.3) is 0 Å². The van der Waals surface area contributed by atoms with E-state index in [0.717, 1.165) is 11.3 Å². The molecular weight excluding hydrogens is 424 g/mol. The zero-order valence-corrected chi connectivity index (χ0v) is 18.8. The van der Waals surface area contributed by atoms with E-state index in [-0.39, 0.29) is 29.8 Å². The number of ether oxygens (including phenoxy) is 1. The van der Waals surface area contributed by atoms with Crippen LogP contribution in [0.4, 0.5) is 0 Å². The van der Waals surface area contributed by atoms with E-state index in [1.165, 1.54) is 11.8 Å². The minimum atomic E-state index is -3.08. The predicted octanol–water partition coefficient (Wildman–Crippen LogP) is 2.14. The van der Waals surface area contributed by atoms with Gasteiger partial charge in [-0.15, -0.1) is 16.8 Å². The van der Waals surface area contributed by atoms with E-state index in [1.807, 2.05) is 35.8 Å². The molecule has 1 fully saturated rings. The summed E-state index contributed by atoms with van der Waals surface area (Å²) in [5.41, 5.74) is 0.393. The summed E-state index contributed by atoms with van der Waals surface area (Å²) in [4.78, 5) is 12.4. The molecule has 1 aromatic carbocycles. The number of aromatic nitrogens is 3. The van der Waals surface area contributed by atoms with Gasteiger partial charge in [0.15, 0.2) is 20.8 Å². The number of carbonyl (C=O) groups excluding carboxylic acids is 1. The third-order valence-electron chi connectivity index (χ3n) is 4.74. The molecule has 1 atom stereocenters. The first-order chi connectivity index (χ1) is 14.2. The van der Waals surface area contributed by atoms with E-state index in [9.17, 15) is 13.2 Å². The van der Waals surface area contributed by atoms with Crippen molar-refractivity contribution in [2.24, 2.45) is 0 Å². The first kappa shape index (κ1) is 22.4. The fraction of sp³-hybridized carbons (Fsp3) is 0.450. The molecule has 2 aromatic rings. The van der Waals surface area contributed by atoms with Crippen LogP contribution >= 0.6 is 11.8 Å². The van der Waals surface area contributed by atoms with E-state index < -0.39 is 15.4 Å². The van der Waals surface area contributed by atoms with Crippen LogP contribution in [-0.2, 0) is 27.8 Å². The first-order valence-electron chi connectivity index (χ1n) is 9.56. The molecule has 0 aliphatic carbocycles. The molecule has 0 radical (unpaired) electrons. The van der Waals surface area contributed by atoms with Crippen molar-refractivity contribution in [1.82, 2.24) is 20.1 Å². The van der Waals surface area contributed by atoms with E-state index >= 15 is 0 Å². The van der Waals surface area contributed by atoms with E-state index in [1.54, 1.807) is 13.0 Å². The van der Waals surface area contributed by atoms with Crippen molar-refractivity contribution in [2.45, 2.75) is 44.1 Å². The monoisotopic (exact) mass is 450 g/mol. The van der Waals surface area contributed by atoms with E-state index in [4.69, 9.17) is 4.74 Å². The molecule has 30 heavy (non-hydrogen) atoms. The lowest BCUT2D eigenvalue weighted by atomic mass is 10.0. The Morgan fingerprint density at radius 2 is 2.23 bits per heavy atom. The zero-order chi connectivity index (χ0) is 21.8. The smallest absolute Gasteiger partial charge is 0.230 e. The van der Waals surface area contributed by atoms with E-state index in [0.29, 0.717) is 23.9 Å². The van der Waals surface area contributed by atoms with Gasteiger partial charge in [0, 0.05) is 6.54 Å². The lowest BCUT2D eigenvalue weighted by Crippen LogP contribution is -2.47. The van der Waals surface area contributed by atoms with Crippen LogP contribution in [0.1, 0.15) is 24.7 Å². The lowest BCUT2D eigenvalue weighted by Gasteiger charge is -2.23. The molecule has 1 aliphatic rings. The number of benzene rings is 1. The molecule has 0 bridgehead atoms. The molecule has 1 amide bonds. The number of amides is 1. The Morgan fingerprint density at radius 1 is 1.43 bits per heavy atom. The summed E-state index contributed by atoms with van der Waals surface area (Å²) in [6.07, 6.45) is 2.16. The summed E-state index contributed by atoms with van der Waals surface area (Å²) in [6, 6.07) is 7.74. The highest BCUT2D eigenvalue weighted by atomic mass is 32.2. The van der Waals surface area contributed by atoms with Crippen molar-refractivity contribution < 1.29 is 17.9 Å². The maximum absolute atomic E-state index is 12.4. The van der Waals surface area contributed by atoms with Gasteiger partial charge in [0.1, 0.15) is 12.4 Å². The molecule has 1 saturated heterocycles. The second kappa shape index (κ2) is 9.22. The second-order valence-electron chi connectivity index (χ2n) is 7.64. The molecule has 0 saturated carbocycles. The predicted molar refractivity (Wildman–Crippen MR) is 116 cm³/mol. The quantitative estimate of drug-likeness (QED) is 0.461. The van der Waals surface area contributed by atoms with E-state index in [2.05, 4.69) is 22.1 Å². The van der Waals surface area contributed by atoms with Crippen LogP contribution in [0.15, 0.2) is 42.1 Å². The second-order valence-corrected chi connectivity index (χ2v) is 10.8. The third-order valence-corrected chi connectivity index (χ3v) is 7.61. The average Bonchev–Trinajstić information content (AvgIpc) is 3.18. The summed E-state index contributed by atoms with van der Waals surface area (Å²) in [5.74, 6) is 1.34. The molecule has 162 valence electrons. The van der Waals surface area contributed by atoms with Gasteiger partial charge in [0.2, 0.25) is 5.91 Å². The van der Waals surface area contributed by atoms with Crippen molar-refractivity contribution in [3.63, 3.8) is 0 Å². The normalized spacial score (nSPS) is 20.1. The number of nitrogens with zero attached hydrogens (tertiary/aromatic N) is 3. The summed E-state index contributed by atoms with van der Waals surface area (Å²) in [5, 5.41) is 11.8. The van der Waals surface area contributed by atoms with Crippen LogP contribution in [0.2, 0.25) is 0 Å². The first-order valence-corrected chi connectivity index (χ1v) is 12.4. The Morgan fingerprint density at radius 3 is 2.90 bits per heavy atom. The SMILES string of the molecule is C=CCn1c(COc2cccc(C)c2)nnc1SCC(=O)N[C@@]1(C)CCS(=O)(=O)C1. The molecular formula is C20H26N4O4S2.